The number of ketones is 1. The van der Waals surface area contributed by atoms with Crippen molar-refractivity contribution < 1.29 is 9.18 Å². The van der Waals surface area contributed by atoms with E-state index in [0.717, 1.165) is 5.56 Å². The zero-order valence-corrected chi connectivity index (χ0v) is 10.2. The Kier molecular flexibility index (Phi) is 2.95. The monoisotopic (exact) mass is 253 g/mol. The highest BCUT2D eigenvalue weighted by Crippen LogP contribution is 2.20. The Morgan fingerprint density at radius 2 is 1.79 bits per heavy atom. The lowest BCUT2D eigenvalue weighted by molar-refractivity contribution is 0.0960. The second-order valence-corrected chi connectivity index (χ2v) is 4.54. The Balaban J connectivity index is 1.90. The third-order valence-electron chi connectivity index (χ3n) is 3.29. The van der Waals surface area contributed by atoms with Gasteiger partial charge in [-0.1, -0.05) is 42.5 Å². The van der Waals surface area contributed by atoms with Gasteiger partial charge in [0, 0.05) is 23.8 Å². The SMILES string of the molecule is O=C1c2ccccc2C=NC1Cc1ccccc1F. The molecular weight excluding hydrogens is 241 g/mol. The van der Waals surface area contributed by atoms with E-state index in [1.807, 2.05) is 18.2 Å². The first-order chi connectivity index (χ1) is 9.25. The second-order valence-electron chi connectivity index (χ2n) is 4.54. The Labute approximate surface area is 110 Å². The summed E-state index contributed by atoms with van der Waals surface area (Å²) in [6, 6.07) is 13.3. The normalized spacial score (nSPS) is 17.3. The minimum absolute atomic E-state index is 0.0404. The van der Waals surface area contributed by atoms with Gasteiger partial charge < -0.3 is 0 Å². The van der Waals surface area contributed by atoms with Crippen LogP contribution in [0.4, 0.5) is 4.39 Å². The van der Waals surface area contributed by atoms with Crippen LogP contribution in [0.25, 0.3) is 0 Å². The summed E-state index contributed by atoms with van der Waals surface area (Å²) in [7, 11) is 0. The van der Waals surface area contributed by atoms with Gasteiger partial charge in [-0.25, -0.2) is 4.39 Å². The van der Waals surface area contributed by atoms with Gasteiger partial charge in [0.05, 0.1) is 0 Å². The molecule has 1 atom stereocenters. The maximum atomic E-state index is 13.6. The molecule has 2 nitrogen and oxygen atoms in total. The molecule has 3 rings (SSSR count). The highest BCUT2D eigenvalue weighted by molar-refractivity contribution is 6.09. The lowest BCUT2D eigenvalue weighted by atomic mass is 9.93. The van der Waals surface area contributed by atoms with E-state index in [1.54, 1.807) is 30.5 Å². The zero-order valence-electron chi connectivity index (χ0n) is 10.2. The quantitative estimate of drug-likeness (QED) is 0.808. The molecule has 2 aromatic rings. The van der Waals surface area contributed by atoms with Gasteiger partial charge in [-0.2, -0.15) is 0 Å². The molecule has 94 valence electrons. The standard InChI is InChI=1S/C16H12FNO/c17-14-8-4-2-5-11(14)9-15-16(19)13-7-3-1-6-12(13)10-18-15/h1-8,10,15H,9H2. The smallest absolute Gasteiger partial charge is 0.188 e. The van der Waals surface area contributed by atoms with Crippen LogP contribution in [0.3, 0.4) is 0 Å². The molecule has 0 radical (unpaired) electrons. The van der Waals surface area contributed by atoms with E-state index in [2.05, 4.69) is 4.99 Å². The maximum Gasteiger partial charge on any atom is 0.188 e. The first kappa shape index (κ1) is 11.8. The van der Waals surface area contributed by atoms with Crippen molar-refractivity contribution in [2.24, 2.45) is 4.99 Å². The summed E-state index contributed by atoms with van der Waals surface area (Å²) in [5.41, 5.74) is 2.02. The lowest BCUT2D eigenvalue weighted by Crippen LogP contribution is -2.26. The van der Waals surface area contributed by atoms with Gasteiger partial charge >= 0.3 is 0 Å². The van der Waals surface area contributed by atoms with Crippen LogP contribution >= 0.6 is 0 Å². The van der Waals surface area contributed by atoms with Crippen molar-refractivity contribution >= 4 is 12.0 Å². The van der Waals surface area contributed by atoms with Crippen LogP contribution in [0.5, 0.6) is 0 Å². The maximum absolute atomic E-state index is 13.6. The molecule has 0 aliphatic carbocycles. The number of benzene rings is 2. The van der Waals surface area contributed by atoms with E-state index in [-0.39, 0.29) is 11.6 Å². The Bertz CT molecular complexity index is 663. The molecule has 19 heavy (non-hydrogen) atoms. The fraction of sp³-hybridized carbons (Fsp3) is 0.125. The number of hydrogen-bond acceptors (Lipinski definition) is 2. The summed E-state index contributed by atoms with van der Waals surface area (Å²) < 4.78 is 13.6. The van der Waals surface area contributed by atoms with Crippen LogP contribution in [0.15, 0.2) is 53.5 Å². The number of halogens is 1. The van der Waals surface area contributed by atoms with E-state index in [4.69, 9.17) is 0 Å². The number of nitrogens with zero attached hydrogens (tertiary/aromatic N) is 1. The van der Waals surface area contributed by atoms with Crippen molar-refractivity contribution in [3.63, 3.8) is 0 Å². The molecule has 1 unspecified atom stereocenters. The summed E-state index contributed by atoms with van der Waals surface area (Å²) in [5, 5.41) is 0. The van der Waals surface area contributed by atoms with E-state index < -0.39 is 6.04 Å². The largest absolute Gasteiger partial charge is 0.292 e. The molecule has 1 heterocycles. The minimum atomic E-state index is -0.521. The number of rotatable bonds is 2. The molecule has 0 fully saturated rings. The van der Waals surface area contributed by atoms with E-state index in [1.165, 1.54) is 6.07 Å². The number of fused-ring (bicyclic) bond motifs is 1. The van der Waals surface area contributed by atoms with Crippen molar-refractivity contribution in [2.75, 3.05) is 0 Å². The lowest BCUT2D eigenvalue weighted by Gasteiger charge is -2.17. The third kappa shape index (κ3) is 2.19. The summed E-state index contributed by atoms with van der Waals surface area (Å²) in [6.45, 7) is 0. The van der Waals surface area contributed by atoms with E-state index in [0.29, 0.717) is 17.5 Å². The number of aliphatic imine (C=N–C) groups is 1. The molecule has 0 aromatic heterocycles. The third-order valence-corrected chi connectivity index (χ3v) is 3.29. The average molecular weight is 253 g/mol. The van der Waals surface area contributed by atoms with Crippen molar-refractivity contribution in [3.05, 3.63) is 71.0 Å². The van der Waals surface area contributed by atoms with Gasteiger partial charge in [0.25, 0.3) is 0 Å². The summed E-state index contributed by atoms with van der Waals surface area (Å²) in [4.78, 5) is 16.5. The first-order valence-corrected chi connectivity index (χ1v) is 6.15. The Morgan fingerprint density at radius 1 is 1.05 bits per heavy atom. The van der Waals surface area contributed by atoms with E-state index in [9.17, 15) is 9.18 Å². The second kappa shape index (κ2) is 4.76. The van der Waals surface area contributed by atoms with Gasteiger partial charge in [0.2, 0.25) is 0 Å². The van der Waals surface area contributed by atoms with Crippen LogP contribution in [-0.2, 0) is 6.42 Å². The number of Topliss-reactive ketones (excluding diaryl/α,β-unsaturated/α-hetero) is 1. The molecule has 2 aromatic carbocycles. The van der Waals surface area contributed by atoms with Gasteiger partial charge in [-0.15, -0.1) is 0 Å². The van der Waals surface area contributed by atoms with Gasteiger partial charge in [0.1, 0.15) is 11.9 Å². The molecule has 1 aliphatic rings. The molecular formula is C16H12FNO. The van der Waals surface area contributed by atoms with Crippen molar-refractivity contribution in [1.82, 2.24) is 0 Å². The van der Waals surface area contributed by atoms with Crippen LogP contribution in [0, 0.1) is 5.82 Å². The minimum Gasteiger partial charge on any atom is -0.292 e. The van der Waals surface area contributed by atoms with Crippen LogP contribution in [-0.4, -0.2) is 18.0 Å². The molecule has 3 heteroatoms. The van der Waals surface area contributed by atoms with Crippen LogP contribution in [0.1, 0.15) is 21.5 Å². The van der Waals surface area contributed by atoms with Crippen LogP contribution in [0.2, 0.25) is 0 Å². The number of carbonyl (C=O) groups is 1. The average Bonchev–Trinajstić information content (AvgIpc) is 2.44. The summed E-state index contributed by atoms with van der Waals surface area (Å²) in [6.07, 6.45) is 2.00. The molecule has 0 saturated heterocycles. The van der Waals surface area contributed by atoms with Crippen molar-refractivity contribution in [3.8, 4) is 0 Å². The van der Waals surface area contributed by atoms with Gasteiger partial charge in [0.15, 0.2) is 5.78 Å². The number of carbonyl (C=O) groups excluding carboxylic acids is 1. The van der Waals surface area contributed by atoms with E-state index >= 15 is 0 Å². The molecule has 0 saturated carbocycles. The van der Waals surface area contributed by atoms with Crippen molar-refractivity contribution in [2.45, 2.75) is 12.5 Å². The highest BCUT2D eigenvalue weighted by atomic mass is 19.1. The zero-order chi connectivity index (χ0) is 13.2. The highest BCUT2D eigenvalue weighted by Gasteiger charge is 2.25. The van der Waals surface area contributed by atoms with Crippen molar-refractivity contribution in [1.29, 1.82) is 0 Å². The topological polar surface area (TPSA) is 29.4 Å². The predicted molar refractivity (Wildman–Crippen MR) is 72.3 cm³/mol. The fourth-order valence-corrected chi connectivity index (χ4v) is 2.27. The molecule has 0 N–H and O–H groups in total. The fourth-order valence-electron chi connectivity index (χ4n) is 2.27. The predicted octanol–water partition coefficient (Wildman–Crippen LogP) is 3.05. The number of hydrogen-bond donors (Lipinski definition) is 0. The first-order valence-electron chi connectivity index (χ1n) is 6.15. The van der Waals surface area contributed by atoms with Gasteiger partial charge in [-0.3, -0.25) is 9.79 Å². The van der Waals surface area contributed by atoms with Crippen LogP contribution < -0.4 is 0 Å². The Morgan fingerprint density at radius 3 is 2.63 bits per heavy atom. The summed E-state index contributed by atoms with van der Waals surface area (Å²) in [5.74, 6) is -0.328. The molecule has 1 aliphatic heterocycles. The summed E-state index contributed by atoms with van der Waals surface area (Å²) >= 11 is 0. The molecule has 0 bridgehead atoms. The molecule has 0 spiro atoms. The Hall–Kier alpha value is -2.29. The van der Waals surface area contributed by atoms with Gasteiger partial charge in [-0.05, 0) is 11.6 Å². The molecule has 0 amide bonds.